The fourth-order valence-electron chi connectivity index (χ4n) is 3.41. The Kier molecular flexibility index (Phi) is 6.12. The fourth-order valence-corrected chi connectivity index (χ4v) is 4.19. The van der Waals surface area contributed by atoms with E-state index < -0.39 is 0 Å². The van der Waals surface area contributed by atoms with Crippen molar-refractivity contribution in [2.45, 2.75) is 13.0 Å². The molecule has 0 atom stereocenters. The zero-order valence-corrected chi connectivity index (χ0v) is 17.1. The molecule has 8 heteroatoms. The van der Waals surface area contributed by atoms with Crippen LogP contribution in [0.1, 0.15) is 11.3 Å². The lowest BCUT2D eigenvalue weighted by atomic mass is 10.1. The lowest BCUT2D eigenvalue weighted by Gasteiger charge is -2.35. The van der Waals surface area contributed by atoms with Gasteiger partial charge in [0.15, 0.2) is 0 Å². The van der Waals surface area contributed by atoms with Gasteiger partial charge in [-0.1, -0.05) is 18.2 Å². The molecule has 7 nitrogen and oxygen atoms in total. The van der Waals surface area contributed by atoms with E-state index in [-0.39, 0.29) is 5.91 Å². The molecule has 0 saturated carbocycles. The number of thiazole rings is 1. The highest BCUT2D eigenvalue weighted by molar-refractivity contribution is 7.13. The van der Waals surface area contributed by atoms with E-state index in [0.717, 1.165) is 54.9 Å². The van der Waals surface area contributed by atoms with Crippen molar-refractivity contribution >= 4 is 17.2 Å². The Morgan fingerprint density at radius 2 is 2.00 bits per heavy atom. The molecule has 150 valence electrons. The Morgan fingerprint density at radius 1 is 1.17 bits per heavy atom. The van der Waals surface area contributed by atoms with Gasteiger partial charge >= 0.3 is 0 Å². The SMILES string of the molecule is COc1ccccc1CN1CCN(C(=O)Cc2csc(-c3cnccn3)n2)CC1. The molecule has 0 unspecified atom stereocenters. The fraction of sp³-hybridized carbons (Fsp3) is 0.333. The van der Waals surface area contributed by atoms with Crippen LogP contribution in [-0.2, 0) is 17.8 Å². The lowest BCUT2D eigenvalue weighted by Crippen LogP contribution is -2.48. The number of carbonyl (C=O) groups excluding carboxylic acids is 1. The van der Waals surface area contributed by atoms with Gasteiger partial charge in [0.05, 0.1) is 25.4 Å². The quantitative estimate of drug-likeness (QED) is 0.623. The van der Waals surface area contributed by atoms with E-state index in [9.17, 15) is 4.79 Å². The highest BCUT2D eigenvalue weighted by atomic mass is 32.1. The van der Waals surface area contributed by atoms with Gasteiger partial charge in [0.1, 0.15) is 16.5 Å². The molecule has 0 bridgehead atoms. The van der Waals surface area contributed by atoms with Crippen LogP contribution in [0, 0.1) is 0 Å². The molecule has 2 aromatic heterocycles. The second-order valence-electron chi connectivity index (χ2n) is 6.88. The summed E-state index contributed by atoms with van der Waals surface area (Å²) in [6.45, 7) is 4.00. The van der Waals surface area contributed by atoms with Crippen molar-refractivity contribution in [1.29, 1.82) is 0 Å². The van der Waals surface area contributed by atoms with Gasteiger partial charge in [-0.05, 0) is 6.07 Å². The van der Waals surface area contributed by atoms with Crippen molar-refractivity contribution in [3.8, 4) is 16.5 Å². The van der Waals surface area contributed by atoms with Crippen molar-refractivity contribution in [3.05, 3.63) is 59.5 Å². The number of amides is 1. The Bertz CT molecular complexity index is 954. The van der Waals surface area contributed by atoms with Crippen molar-refractivity contribution in [3.63, 3.8) is 0 Å². The molecule has 0 radical (unpaired) electrons. The zero-order chi connectivity index (χ0) is 20.1. The highest BCUT2D eigenvalue weighted by Gasteiger charge is 2.22. The third-order valence-electron chi connectivity index (χ3n) is 4.98. The van der Waals surface area contributed by atoms with Gasteiger partial charge in [-0.25, -0.2) is 4.98 Å². The number of carbonyl (C=O) groups is 1. The molecule has 0 aliphatic carbocycles. The number of ether oxygens (including phenoxy) is 1. The number of piperazine rings is 1. The summed E-state index contributed by atoms with van der Waals surface area (Å²) in [6.07, 6.45) is 5.29. The highest BCUT2D eigenvalue weighted by Crippen LogP contribution is 2.22. The molecule has 1 aromatic carbocycles. The molecule has 1 aliphatic heterocycles. The average Bonchev–Trinajstić information content (AvgIpc) is 3.24. The summed E-state index contributed by atoms with van der Waals surface area (Å²) < 4.78 is 5.44. The van der Waals surface area contributed by atoms with E-state index in [1.807, 2.05) is 28.5 Å². The Morgan fingerprint density at radius 3 is 2.76 bits per heavy atom. The first-order chi connectivity index (χ1) is 14.2. The van der Waals surface area contributed by atoms with Gasteiger partial charge < -0.3 is 9.64 Å². The lowest BCUT2D eigenvalue weighted by molar-refractivity contribution is -0.132. The molecular formula is C21H23N5O2S. The average molecular weight is 410 g/mol. The molecular weight excluding hydrogens is 386 g/mol. The summed E-state index contributed by atoms with van der Waals surface area (Å²) in [6, 6.07) is 8.08. The Hall–Kier alpha value is -2.84. The molecule has 1 fully saturated rings. The van der Waals surface area contributed by atoms with Crippen LogP contribution < -0.4 is 4.74 Å². The standard InChI is InChI=1S/C21H23N5O2S/c1-28-19-5-3-2-4-16(19)14-25-8-10-26(11-9-25)20(27)12-17-15-29-21(24-17)18-13-22-6-7-23-18/h2-7,13,15H,8-12,14H2,1H3. The zero-order valence-electron chi connectivity index (χ0n) is 16.3. The van der Waals surface area contributed by atoms with Crippen molar-refractivity contribution in [1.82, 2.24) is 24.8 Å². The maximum atomic E-state index is 12.7. The van der Waals surface area contributed by atoms with Crippen LogP contribution in [0.3, 0.4) is 0 Å². The van der Waals surface area contributed by atoms with E-state index in [4.69, 9.17) is 4.74 Å². The number of methoxy groups -OCH3 is 1. The molecule has 3 heterocycles. The number of nitrogens with zero attached hydrogens (tertiary/aromatic N) is 5. The van der Waals surface area contributed by atoms with Crippen LogP contribution in [0.25, 0.3) is 10.7 Å². The molecule has 4 rings (SSSR count). The normalized spacial score (nSPS) is 14.7. The topological polar surface area (TPSA) is 71.5 Å². The first kappa shape index (κ1) is 19.5. The maximum Gasteiger partial charge on any atom is 0.228 e. The number of hydrogen-bond acceptors (Lipinski definition) is 7. The predicted molar refractivity (Wildman–Crippen MR) is 112 cm³/mol. The predicted octanol–water partition coefficient (Wildman–Crippen LogP) is 2.50. The van der Waals surface area contributed by atoms with E-state index in [2.05, 4.69) is 25.9 Å². The summed E-state index contributed by atoms with van der Waals surface area (Å²) in [5.41, 5.74) is 2.70. The Labute approximate surface area is 174 Å². The minimum Gasteiger partial charge on any atom is -0.496 e. The first-order valence-electron chi connectivity index (χ1n) is 9.56. The smallest absolute Gasteiger partial charge is 0.228 e. The van der Waals surface area contributed by atoms with E-state index in [1.54, 1.807) is 25.7 Å². The molecule has 1 aliphatic rings. The maximum absolute atomic E-state index is 12.7. The van der Waals surface area contributed by atoms with Crippen molar-refractivity contribution < 1.29 is 9.53 Å². The van der Waals surface area contributed by atoms with Crippen LogP contribution >= 0.6 is 11.3 Å². The molecule has 3 aromatic rings. The van der Waals surface area contributed by atoms with Crippen LogP contribution in [0.2, 0.25) is 0 Å². The van der Waals surface area contributed by atoms with Gasteiger partial charge in [0, 0.05) is 56.1 Å². The minimum atomic E-state index is 0.123. The molecule has 0 N–H and O–H groups in total. The van der Waals surface area contributed by atoms with Crippen LogP contribution in [0.15, 0.2) is 48.2 Å². The summed E-state index contributed by atoms with van der Waals surface area (Å²) in [7, 11) is 1.70. The number of hydrogen-bond donors (Lipinski definition) is 0. The van der Waals surface area contributed by atoms with Crippen molar-refractivity contribution in [2.75, 3.05) is 33.3 Å². The molecule has 29 heavy (non-hydrogen) atoms. The molecule has 1 saturated heterocycles. The second kappa shape index (κ2) is 9.11. The third kappa shape index (κ3) is 4.78. The van der Waals surface area contributed by atoms with E-state index in [0.29, 0.717) is 6.42 Å². The summed E-state index contributed by atoms with van der Waals surface area (Å²) in [4.78, 5) is 29.9. The van der Waals surface area contributed by atoms with Crippen LogP contribution in [0.4, 0.5) is 0 Å². The number of rotatable bonds is 6. The summed E-state index contributed by atoms with van der Waals surface area (Å²) in [5.74, 6) is 1.03. The van der Waals surface area contributed by atoms with Gasteiger partial charge in [-0.15, -0.1) is 11.3 Å². The summed E-state index contributed by atoms with van der Waals surface area (Å²) >= 11 is 1.49. The minimum absolute atomic E-state index is 0.123. The molecule has 1 amide bonds. The monoisotopic (exact) mass is 409 g/mol. The van der Waals surface area contributed by atoms with Gasteiger partial charge in [-0.2, -0.15) is 0 Å². The van der Waals surface area contributed by atoms with Gasteiger partial charge in [0.25, 0.3) is 0 Å². The number of aromatic nitrogens is 3. The van der Waals surface area contributed by atoms with Gasteiger partial charge in [0.2, 0.25) is 5.91 Å². The van der Waals surface area contributed by atoms with Crippen LogP contribution in [0.5, 0.6) is 5.75 Å². The molecule has 0 spiro atoms. The van der Waals surface area contributed by atoms with E-state index in [1.165, 1.54) is 16.9 Å². The number of benzene rings is 1. The Balaban J connectivity index is 1.30. The van der Waals surface area contributed by atoms with Crippen LogP contribution in [-0.4, -0.2) is 63.9 Å². The first-order valence-corrected chi connectivity index (χ1v) is 10.4. The number of para-hydroxylation sites is 1. The summed E-state index contributed by atoms with van der Waals surface area (Å²) in [5, 5.41) is 2.72. The van der Waals surface area contributed by atoms with E-state index >= 15 is 0 Å². The van der Waals surface area contributed by atoms with Gasteiger partial charge in [-0.3, -0.25) is 19.7 Å². The third-order valence-corrected chi connectivity index (χ3v) is 5.89. The van der Waals surface area contributed by atoms with Crippen molar-refractivity contribution in [2.24, 2.45) is 0 Å². The second-order valence-corrected chi connectivity index (χ2v) is 7.74. The largest absolute Gasteiger partial charge is 0.496 e.